The van der Waals surface area contributed by atoms with Crippen molar-refractivity contribution in [2.75, 3.05) is 32.8 Å². The second kappa shape index (κ2) is 5.68. The quantitative estimate of drug-likeness (QED) is 0.583. The topological polar surface area (TPSA) is 70.1 Å². The molecule has 0 aromatic carbocycles. The SMILES string of the molecule is O=C(O)CN1C(=O)C(=CN2CCOCC2)SC1=S. The largest absolute Gasteiger partial charge is 0.480 e. The summed E-state index contributed by atoms with van der Waals surface area (Å²) < 4.78 is 5.50. The fourth-order valence-corrected chi connectivity index (χ4v) is 2.90. The van der Waals surface area contributed by atoms with E-state index in [1.54, 1.807) is 6.20 Å². The van der Waals surface area contributed by atoms with Crippen LogP contribution in [0.5, 0.6) is 0 Å². The molecule has 0 radical (unpaired) electrons. The average Bonchev–Trinajstić information content (AvgIpc) is 2.58. The van der Waals surface area contributed by atoms with E-state index in [2.05, 4.69) is 0 Å². The Morgan fingerprint density at radius 3 is 2.78 bits per heavy atom. The first-order chi connectivity index (χ1) is 8.58. The number of hydrogen-bond donors (Lipinski definition) is 1. The molecular formula is C10H12N2O4S2. The van der Waals surface area contributed by atoms with Gasteiger partial charge in [0.1, 0.15) is 10.9 Å². The first-order valence-corrected chi connectivity index (χ1v) is 6.59. The van der Waals surface area contributed by atoms with Crippen molar-refractivity contribution in [2.45, 2.75) is 0 Å². The third-order valence-corrected chi connectivity index (χ3v) is 3.88. The Labute approximate surface area is 114 Å². The number of thiocarbonyl (C=S) groups is 1. The number of carboxylic acid groups (broad SMARTS) is 1. The van der Waals surface area contributed by atoms with Gasteiger partial charge in [0.15, 0.2) is 0 Å². The highest BCUT2D eigenvalue weighted by Crippen LogP contribution is 2.31. The van der Waals surface area contributed by atoms with E-state index in [9.17, 15) is 9.59 Å². The van der Waals surface area contributed by atoms with Gasteiger partial charge in [0.05, 0.1) is 18.1 Å². The fourth-order valence-electron chi connectivity index (χ4n) is 1.63. The number of amides is 1. The number of aliphatic carboxylic acids is 1. The van der Waals surface area contributed by atoms with E-state index in [4.69, 9.17) is 22.1 Å². The predicted octanol–water partition coefficient (Wildman–Crippen LogP) is 0.105. The first kappa shape index (κ1) is 13.3. The maximum absolute atomic E-state index is 12.0. The van der Waals surface area contributed by atoms with Crippen LogP contribution < -0.4 is 0 Å². The van der Waals surface area contributed by atoms with Gasteiger partial charge in [0, 0.05) is 19.3 Å². The lowest BCUT2D eigenvalue weighted by Gasteiger charge is -2.25. The minimum Gasteiger partial charge on any atom is -0.480 e. The molecule has 2 aliphatic heterocycles. The first-order valence-electron chi connectivity index (χ1n) is 5.37. The summed E-state index contributed by atoms with van der Waals surface area (Å²) in [5.41, 5.74) is 0. The van der Waals surface area contributed by atoms with Crippen LogP contribution in [0.25, 0.3) is 0 Å². The van der Waals surface area contributed by atoms with Crippen molar-refractivity contribution in [1.82, 2.24) is 9.80 Å². The molecule has 2 heterocycles. The summed E-state index contributed by atoms with van der Waals surface area (Å²) in [6, 6.07) is 0. The molecule has 1 amide bonds. The van der Waals surface area contributed by atoms with Crippen molar-refractivity contribution in [3.63, 3.8) is 0 Å². The van der Waals surface area contributed by atoms with Crippen molar-refractivity contribution >= 4 is 40.2 Å². The minimum atomic E-state index is -1.07. The van der Waals surface area contributed by atoms with Crippen LogP contribution in [0.15, 0.2) is 11.1 Å². The summed E-state index contributed by atoms with van der Waals surface area (Å²) in [6.07, 6.45) is 1.74. The Bertz CT molecular complexity index is 418. The highest BCUT2D eigenvalue weighted by molar-refractivity contribution is 8.26. The molecule has 0 aliphatic carbocycles. The van der Waals surface area contributed by atoms with Crippen LogP contribution in [0.1, 0.15) is 0 Å². The van der Waals surface area contributed by atoms with Gasteiger partial charge in [-0.1, -0.05) is 24.0 Å². The number of nitrogens with zero attached hydrogens (tertiary/aromatic N) is 2. The van der Waals surface area contributed by atoms with Crippen molar-refractivity contribution < 1.29 is 19.4 Å². The van der Waals surface area contributed by atoms with Crippen molar-refractivity contribution in [3.8, 4) is 0 Å². The van der Waals surface area contributed by atoms with E-state index >= 15 is 0 Å². The second-order valence-corrected chi connectivity index (χ2v) is 5.47. The van der Waals surface area contributed by atoms with Crippen LogP contribution in [-0.2, 0) is 14.3 Å². The zero-order chi connectivity index (χ0) is 13.1. The van der Waals surface area contributed by atoms with Crippen LogP contribution in [0.4, 0.5) is 0 Å². The van der Waals surface area contributed by atoms with E-state index < -0.39 is 5.97 Å². The van der Waals surface area contributed by atoms with Gasteiger partial charge in [0.25, 0.3) is 5.91 Å². The summed E-state index contributed by atoms with van der Waals surface area (Å²) >= 11 is 6.14. The number of morpholine rings is 1. The van der Waals surface area contributed by atoms with Crippen LogP contribution in [0.3, 0.4) is 0 Å². The number of carboxylic acids is 1. The number of thioether (sulfide) groups is 1. The Morgan fingerprint density at radius 2 is 2.17 bits per heavy atom. The molecule has 1 N–H and O–H groups in total. The highest BCUT2D eigenvalue weighted by atomic mass is 32.2. The minimum absolute atomic E-state index is 0.293. The fraction of sp³-hybridized carbons (Fsp3) is 0.500. The number of carbonyl (C=O) groups is 2. The standard InChI is InChI=1S/C10H12N2O4S2/c13-8(14)6-12-9(15)7(18-10(12)17)5-11-1-3-16-4-2-11/h5H,1-4,6H2,(H,13,14). The highest BCUT2D eigenvalue weighted by Gasteiger charge is 2.33. The maximum atomic E-state index is 12.0. The second-order valence-electron chi connectivity index (χ2n) is 3.79. The van der Waals surface area contributed by atoms with Crippen LogP contribution >= 0.6 is 24.0 Å². The average molecular weight is 288 g/mol. The zero-order valence-electron chi connectivity index (χ0n) is 9.50. The third kappa shape index (κ3) is 3.01. The van der Waals surface area contributed by atoms with Gasteiger partial charge in [0.2, 0.25) is 0 Å². The molecule has 2 aliphatic rings. The molecule has 0 bridgehead atoms. The molecular weight excluding hydrogens is 276 g/mol. The summed E-state index contributed by atoms with van der Waals surface area (Å²) in [5, 5.41) is 8.71. The van der Waals surface area contributed by atoms with Crippen LogP contribution in [0.2, 0.25) is 0 Å². The number of rotatable bonds is 3. The number of carbonyl (C=O) groups excluding carboxylic acids is 1. The van der Waals surface area contributed by atoms with Gasteiger partial charge in [-0.25, -0.2) is 0 Å². The molecule has 0 atom stereocenters. The van der Waals surface area contributed by atoms with Crippen molar-refractivity contribution in [3.05, 3.63) is 11.1 Å². The Balaban J connectivity index is 2.06. The number of hydrogen-bond acceptors (Lipinski definition) is 6. The monoisotopic (exact) mass is 288 g/mol. The maximum Gasteiger partial charge on any atom is 0.323 e. The van der Waals surface area contributed by atoms with E-state index in [1.807, 2.05) is 4.90 Å². The van der Waals surface area contributed by atoms with Crippen LogP contribution in [0, 0.1) is 0 Å². The van der Waals surface area contributed by atoms with Crippen molar-refractivity contribution in [1.29, 1.82) is 0 Å². The van der Waals surface area contributed by atoms with Gasteiger partial charge in [-0.3, -0.25) is 14.5 Å². The van der Waals surface area contributed by atoms with Gasteiger partial charge < -0.3 is 14.7 Å². The Hall–Kier alpha value is -1.12. The lowest BCUT2D eigenvalue weighted by molar-refractivity contribution is -0.140. The zero-order valence-corrected chi connectivity index (χ0v) is 11.1. The Morgan fingerprint density at radius 1 is 1.50 bits per heavy atom. The van der Waals surface area contributed by atoms with E-state index in [-0.39, 0.29) is 12.5 Å². The molecule has 18 heavy (non-hydrogen) atoms. The van der Waals surface area contributed by atoms with Gasteiger partial charge >= 0.3 is 5.97 Å². The summed E-state index contributed by atoms with van der Waals surface area (Å²) in [5.74, 6) is -1.40. The van der Waals surface area contributed by atoms with Crippen molar-refractivity contribution in [2.24, 2.45) is 0 Å². The van der Waals surface area contributed by atoms with E-state index in [0.717, 1.165) is 29.8 Å². The van der Waals surface area contributed by atoms with E-state index in [0.29, 0.717) is 22.4 Å². The molecule has 2 saturated heterocycles. The summed E-state index contributed by atoms with van der Waals surface area (Å²) in [6.45, 7) is 2.33. The van der Waals surface area contributed by atoms with Gasteiger partial charge in [-0.05, 0) is 0 Å². The molecule has 0 aromatic heterocycles. The number of ether oxygens (including phenoxy) is 1. The molecule has 6 nitrogen and oxygen atoms in total. The van der Waals surface area contributed by atoms with Crippen LogP contribution in [-0.4, -0.2) is 64.0 Å². The lowest BCUT2D eigenvalue weighted by atomic mass is 10.4. The molecule has 0 saturated carbocycles. The normalized spacial score (nSPS) is 23.0. The molecule has 8 heteroatoms. The molecule has 98 valence electrons. The molecule has 0 aromatic rings. The van der Waals surface area contributed by atoms with Gasteiger partial charge in [-0.2, -0.15) is 0 Å². The Kier molecular flexibility index (Phi) is 4.20. The molecule has 0 unspecified atom stereocenters. The summed E-state index contributed by atoms with van der Waals surface area (Å²) in [7, 11) is 0. The molecule has 2 fully saturated rings. The smallest absolute Gasteiger partial charge is 0.323 e. The van der Waals surface area contributed by atoms with E-state index in [1.165, 1.54) is 0 Å². The lowest BCUT2D eigenvalue weighted by Crippen LogP contribution is -2.35. The molecule has 0 spiro atoms. The molecule has 2 rings (SSSR count). The third-order valence-electron chi connectivity index (χ3n) is 2.51. The predicted molar refractivity (Wildman–Crippen MR) is 70.0 cm³/mol. The summed E-state index contributed by atoms with van der Waals surface area (Å²) in [4.78, 5) is 26.2. The van der Waals surface area contributed by atoms with Gasteiger partial charge in [-0.15, -0.1) is 0 Å².